The lowest BCUT2D eigenvalue weighted by Gasteiger charge is -2.10. The van der Waals surface area contributed by atoms with Crippen LogP contribution in [0.15, 0.2) is 21.2 Å². The molecule has 1 aromatic heterocycles. The highest BCUT2D eigenvalue weighted by atomic mass is 79.9. The van der Waals surface area contributed by atoms with Gasteiger partial charge in [0.2, 0.25) is 5.82 Å². The van der Waals surface area contributed by atoms with E-state index in [1.807, 2.05) is 12.1 Å². The lowest BCUT2D eigenvalue weighted by atomic mass is 10.2. The van der Waals surface area contributed by atoms with Gasteiger partial charge in [0.1, 0.15) is 17.7 Å². The Balaban J connectivity index is 2.44. The fourth-order valence-corrected chi connectivity index (χ4v) is 2.88. The Kier molecular flexibility index (Phi) is 4.91. The first-order valence-corrected chi connectivity index (χ1v) is 7.23. The van der Waals surface area contributed by atoms with Gasteiger partial charge in [0.25, 0.3) is 0 Å². The Morgan fingerprint density at radius 3 is 2.71 bits per heavy atom. The van der Waals surface area contributed by atoms with Crippen molar-refractivity contribution in [3.63, 3.8) is 0 Å². The van der Waals surface area contributed by atoms with Crippen molar-refractivity contribution in [1.29, 1.82) is 10.5 Å². The number of H-pyrrole nitrogens is 1. The molecule has 1 aromatic carbocycles. The second-order valence-corrected chi connectivity index (χ2v) is 5.65. The molecule has 1 heterocycles. The van der Waals surface area contributed by atoms with Crippen molar-refractivity contribution < 1.29 is 0 Å². The number of benzene rings is 1. The SMILES string of the molecule is N#CC(=CNc1c(Br)cc(Br)c(Cl)c1C#N)c1nn[nH]n1. The average Bonchev–Trinajstić information content (AvgIpc) is 2.99. The van der Waals surface area contributed by atoms with E-state index < -0.39 is 0 Å². The first-order chi connectivity index (χ1) is 10.1. The molecule has 0 saturated carbocycles. The van der Waals surface area contributed by atoms with E-state index in [1.54, 1.807) is 6.07 Å². The number of aromatic amines is 1. The van der Waals surface area contributed by atoms with Gasteiger partial charge in [-0.05, 0) is 43.1 Å². The van der Waals surface area contributed by atoms with Crippen LogP contribution in [-0.4, -0.2) is 20.6 Å². The maximum atomic E-state index is 9.21. The first-order valence-electron chi connectivity index (χ1n) is 5.26. The number of nitrogens with zero attached hydrogens (tertiary/aromatic N) is 5. The number of nitrogens with one attached hydrogen (secondary N) is 2. The van der Waals surface area contributed by atoms with E-state index in [0.29, 0.717) is 14.6 Å². The van der Waals surface area contributed by atoms with Crippen LogP contribution < -0.4 is 5.32 Å². The van der Waals surface area contributed by atoms with Crippen molar-refractivity contribution >= 4 is 54.7 Å². The topological polar surface area (TPSA) is 114 Å². The van der Waals surface area contributed by atoms with E-state index in [0.717, 1.165) is 0 Å². The molecule has 0 aliphatic rings. The molecule has 0 fully saturated rings. The van der Waals surface area contributed by atoms with Crippen molar-refractivity contribution in [1.82, 2.24) is 20.6 Å². The normalized spacial score (nSPS) is 10.8. The summed E-state index contributed by atoms with van der Waals surface area (Å²) in [6.07, 6.45) is 1.37. The third-order valence-electron chi connectivity index (χ3n) is 2.35. The van der Waals surface area contributed by atoms with Crippen LogP contribution in [-0.2, 0) is 0 Å². The number of allylic oxidation sites excluding steroid dienone is 1. The molecule has 0 radical (unpaired) electrons. The zero-order valence-corrected chi connectivity index (χ0v) is 14.0. The van der Waals surface area contributed by atoms with Gasteiger partial charge in [-0.3, -0.25) is 0 Å². The van der Waals surface area contributed by atoms with E-state index >= 15 is 0 Å². The number of hydrogen-bond acceptors (Lipinski definition) is 6. The van der Waals surface area contributed by atoms with Crippen molar-refractivity contribution in [3.05, 3.63) is 37.6 Å². The molecule has 10 heteroatoms. The molecule has 0 amide bonds. The van der Waals surface area contributed by atoms with Gasteiger partial charge in [-0.1, -0.05) is 11.6 Å². The number of nitriles is 2. The zero-order chi connectivity index (χ0) is 15.4. The molecule has 0 atom stereocenters. The summed E-state index contributed by atoms with van der Waals surface area (Å²) in [7, 11) is 0. The van der Waals surface area contributed by atoms with Crippen LogP contribution in [0.25, 0.3) is 5.57 Å². The largest absolute Gasteiger partial charge is 0.358 e. The predicted octanol–water partition coefficient (Wildman–Crippen LogP) is 3.23. The van der Waals surface area contributed by atoms with Gasteiger partial charge in [-0.2, -0.15) is 15.7 Å². The first kappa shape index (κ1) is 15.4. The fourth-order valence-electron chi connectivity index (χ4n) is 1.41. The summed E-state index contributed by atoms with van der Waals surface area (Å²) in [5, 5.41) is 34.5. The summed E-state index contributed by atoms with van der Waals surface area (Å²) >= 11 is 12.6. The number of anilines is 1. The fraction of sp³-hybridized carbons (Fsp3) is 0. The zero-order valence-electron chi connectivity index (χ0n) is 10.0. The van der Waals surface area contributed by atoms with Crippen LogP contribution >= 0.6 is 43.5 Å². The quantitative estimate of drug-likeness (QED) is 0.572. The molecule has 2 N–H and O–H groups in total. The number of halogens is 3. The summed E-state index contributed by atoms with van der Waals surface area (Å²) in [6.45, 7) is 0. The highest BCUT2D eigenvalue weighted by Gasteiger charge is 2.14. The lowest BCUT2D eigenvalue weighted by molar-refractivity contribution is 0.881. The highest BCUT2D eigenvalue weighted by molar-refractivity contribution is 9.11. The Morgan fingerprint density at radius 1 is 1.38 bits per heavy atom. The summed E-state index contributed by atoms with van der Waals surface area (Å²) < 4.78 is 1.19. The second kappa shape index (κ2) is 6.68. The van der Waals surface area contributed by atoms with E-state index in [1.165, 1.54) is 6.20 Å². The summed E-state index contributed by atoms with van der Waals surface area (Å²) in [6, 6.07) is 5.63. The number of aromatic nitrogens is 4. The second-order valence-electron chi connectivity index (χ2n) is 3.57. The molecule has 0 spiro atoms. The summed E-state index contributed by atoms with van der Waals surface area (Å²) in [5.41, 5.74) is 0.820. The molecular weight excluding hydrogens is 425 g/mol. The number of rotatable bonds is 3. The Hall–Kier alpha value is -1.94. The van der Waals surface area contributed by atoms with Crippen LogP contribution in [0, 0.1) is 22.7 Å². The maximum absolute atomic E-state index is 9.21. The molecule has 104 valence electrons. The summed E-state index contributed by atoms with van der Waals surface area (Å²) in [5.74, 6) is 0.142. The van der Waals surface area contributed by atoms with E-state index in [2.05, 4.69) is 57.8 Å². The standard InChI is InChI=1S/C11H4Br2ClN7/c12-7-1-8(13)10(6(3-16)9(7)14)17-4-5(2-15)11-18-20-21-19-11/h1,4,17H,(H,18,19,20,21). The maximum Gasteiger partial charge on any atom is 0.216 e. The molecule has 0 aliphatic carbocycles. The van der Waals surface area contributed by atoms with Gasteiger partial charge in [-0.15, -0.1) is 10.2 Å². The Bertz CT molecular complexity index is 786. The predicted molar refractivity (Wildman–Crippen MR) is 83.0 cm³/mol. The third-order valence-corrected chi connectivity index (χ3v) is 4.22. The minimum absolute atomic E-state index is 0.142. The number of tetrazole rings is 1. The van der Waals surface area contributed by atoms with Gasteiger partial charge < -0.3 is 5.32 Å². The van der Waals surface area contributed by atoms with Gasteiger partial charge in [0.05, 0.1) is 16.3 Å². The minimum atomic E-state index is 0.142. The van der Waals surface area contributed by atoms with Crippen molar-refractivity contribution in [2.24, 2.45) is 0 Å². The van der Waals surface area contributed by atoms with Crippen LogP contribution in [0.1, 0.15) is 11.4 Å². The average molecular weight is 429 g/mol. The molecule has 2 rings (SSSR count). The van der Waals surface area contributed by atoms with Gasteiger partial charge in [0, 0.05) is 15.1 Å². The van der Waals surface area contributed by atoms with Gasteiger partial charge in [-0.25, -0.2) is 0 Å². The minimum Gasteiger partial charge on any atom is -0.358 e. The molecule has 2 aromatic rings. The molecular formula is C11H4Br2ClN7. The number of hydrogen-bond donors (Lipinski definition) is 2. The van der Waals surface area contributed by atoms with Crippen LogP contribution in [0.3, 0.4) is 0 Å². The molecule has 0 bridgehead atoms. The molecule has 0 unspecified atom stereocenters. The van der Waals surface area contributed by atoms with E-state index in [-0.39, 0.29) is 22.0 Å². The third kappa shape index (κ3) is 3.22. The van der Waals surface area contributed by atoms with Crippen molar-refractivity contribution in [2.45, 2.75) is 0 Å². The monoisotopic (exact) mass is 427 g/mol. The van der Waals surface area contributed by atoms with Gasteiger partial charge in [0.15, 0.2) is 0 Å². The lowest BCUT2D eigenvalue weighted by Crippen LogP contribution is -1.97. The molecule has 21 heavy (non-hydrogen) atoms. The van der Waals surface area contributed by atoms with Crippen LogP contribution in [0.5, 0.6) is 0 Å². The van der Waals surface area contributed by atoms with E-state index in [9.17, 15) is 5.26 Å². The van der Waals surface area contributed by atoms with Crippen LogP contribution in [0.4, 0.5) is 5.69 Å². The van der Waals surface area contributed by atoms with E-state index in [4.69, 9.17) is 16.9 Å². The highest BCUT2D eigenvalue weighted by Crippen LogP contribution is 2.37. The smallest absolute Gasteiger partial charge is 0.216 e. The molecule has 0 saturated heterocycles. The molecule has 7 nitrogen and oxygen atoms in total. The molecule has 0 aliphatic heterocycles. The van der Waals surface area contributed by atoms with Gasteiger partial charge >= 0.3 is 0 Å². The van der Waals surface area contributed by atoms with Crippen molar-refractivity contribution in [2.75, 3.05) is 5.32 Å². The van der Waals surface area contributed by atoms with Crippen LogP contribution in [0.2, 0.25) is 5.02 Å². The Labute approximate surface area is 140 Å². The van der Waals surface area contributed by atoms with Crippen molar-refractivity contribution in [3.8, 4) is 12.1 Å². The Morgan fingerprint density at radius 2 is 2.14 bits per heavy atom. The summed E-state index contributed by atoms with van der Waals surface area (Å²) in [4.78, 5) is 0.